The molecule has 7 aromatic rings. The lowest BCUT2D eigenvalue weighted by atomic mass is 9.78. The predicted molar refractivity (Wildman–Crippen MR) is 316 cm³/mol. The van der Waals surface area contributed by atoms with E-state index in [1.54, 1.807) is 0 Å². The number of fused-ring (bicyclic) bond motifs is 6. The molecule has 2 saturated carbocycles. The van der Waals surface area contributed by atoms with Gasteiger partial charge in [-0.05, 0) is 171 Å². The smallest absolute Gasteiger partial charge is 0.227 e. The highest BCUT2D eigenvalue weighted by atomic mass is 16.2. The van der Waals surface area contributed by atoms with E-state index in [0.717, 1.165) is 137 Å². The van der Waals surface area contributed by atoms with Crippen LogP contribution >= 0.6 is 0 Å². The van der Waals surface area contributed by atoms with Gasteiger partial charge in [-0.1, -0.05) is 128 Å². The van der Waals surface area contributed by atoms with Crippen LogP contribution in [0.25, 0.3) is 22.5 Å². The Kier molecular flexibility index (Phi) is 15.2. The number of anilines is 3. The Bertz CT molecular complexity index is 3290. The molecule has 0 bridgehead atoms. The summed E-state index contributed by atoms with van der Waals surface area (Å²) in [7, 11) is 0. The van der Waals surface area contributed by atoms with Gasteiger partial charge in [-0.3, -0.25) is 9.59 Å². The monoisotopic (exact) mass is 1050 g/mol. The lowest BCUT2D eigenvalue weighted by Crippen LogP contribution is -2.24. The Balaban J connectivity index is 0.564. The summed E-state index contributed by atoms with van der Waals surface area (Å²) in [5, 5.41) is 10.2. The van der Waals surface area contributed by atoms with E-state index in [1.807, 2.05) is 12.4 Å². The summed E-state index contributed by atoms with van der Waals surface area (Å²) >= 11 is 0. The number of rotatable bonds is 19. The van der Waals surface area contributed by atoms with Crippen LogP contribution in [0, 0.1) is 11.8 Å². The molecule has 11 heteroatoms. The Morgan fingerprint density at radius 1 is 0.570 bits per heavy atom. The van der Waals surface area contributed by atoms with Gasteiger partial charge in [0.15, 0.2) is 0 Å². The molecule has 4 fully saturated rings. The number of carbonyl (C=O) groups is 2. The minimum absolute atomic E-state index is 0.0930. The molecule has 5 atom stereocenters. The van der Waals surface area contributed by atoms with Gasteiger partial charge in [0.1, 0.15) is 5.78 Å². The number of likely N-dealkylation sites (tertiary alicyclic amines) is 2. The van der Waals surface area contributed by atoms with Gasteiger partial charge in [0, 0.05) is 78.9 Å². The molecular weight excluding hydrogens is 975 g/mol. The zero-order valence-electron chi connectivity index (χ0n) is 45.7. The Morgan fingerprint density at radius 3 is 1.81 bits per heavy atom. The maximum atomic E-state index is 13.8. The maximum Gasteiger partial charge on any atom is 0.227 e. The van der Waals surface area contributed by atoms with Gasteiger partial charge in [0.25, 0.3) is 0 Å². The second kappa shape index (κ2) is 23.3. The highest BCUT2D eigenvalue weighted by Gasteiger charge is 2.43. The van der Waals surface area contributed by atoms with Crippen LogP contribution in [-0.4, -0.2) is 93.8 Å². The van der Waals surface area contributed by atoms with Crippen molar-refractivity contribution in [1.29, 1.82) is 0 Å². The zero-order chi connectivity index (χ0) is 53.1. The van der Waals surface area contributed by atoms with Crippen LogP contribution in [0.2, 0.25) is 0 Å². The highest BCUT2D eigenvalue weighted by molar-refractivity contribution is 5.92. The number of benzene rings is 5. The van der Waals surface area contributed by atoms with Crippen LogP contribution in [0.1, 0.15) is 144 Å². The lowest BCUT2D eigenvalue weighted by Gasteiger charge is -2.28. The Morgan fingerprint density at radius 2 is 1.16 bits per heavy atom. The number of aromatic nitrogens is 4. The van der Waals surface area contributed by atoms with E-state index in [4.69, 9.17) is 19.9 Å². The number of nitrogens with one attached hydrogen (secondary N) is 3. The van der Waals surface area contributed by atoms with Gasteiger partial charge in [0.05, 0.1) is 11.4 Å². The quantitative estimate of drug-likeness (QED) is 0.0674. The Hall–Kier alpha value is -7.08. The molecule has 4 heterocycles. The van der Waals surface area contributed by atoms with E-state index < -0.39 is 0 Å². The second-order valence-corrected chi connectivity index (χ2v) is 23.7. The molecule has 5 aromatic carbocycles. The molecule has 13 rings (SSSR count). The molecule has 79 heavy (non-hydrogen) atoms. The van der Waals surface area contributed by atoms with Gasteiger partial charge in [0.2, 0.25) is 17.8 Å². The SMILES string of the molecule is O=C(Nc1ccc(C2Cc3cnc(NCCCN4CCC(c5cccc(C6CC6C(=O)Cc6ccc(C7Cc8cnc(NCCCN9CCCC9)nc8-c8ccccc87)cc6)c5)C4)nc3-c3ccccc32)cc1)C1CCCCC1. The fraction of sp³-hybridized carbons (Fsp3) is 0.412. The van der Waals surface area contributed by atoms with E-state index >= 15 is 0 Å². The molecule has 0 radical (unpaired) electrons. The third kappa shape index (κ3) is 11.5. The molecule has 3 N–H and O–H groups in total. The largest absolute Gasteiger partial charge is 0.354 e. The van der Waals surface area contributed by atoms with Gasteiger partial charge in [-0.25, -0.2) is 19.9 Å². The summed E-state index contributed by atoms with van der Waals surface area (Å²) in [5.74, 6) is 3.35. The average molecular weight is 1050 g/mol. The molecule has 1 amide bonds. The molecule has 0 spiro atoms. The number of nitrogens with zero attached hydrogens (tertiary/aromatic N) is 6. The number of hydrogen-bond donors (Lipinski definition) is 3. The van der Waals surface area contributed by atoms with Gasteiger partial charge in [-0.15, -0.1) is 0 Å². The van der Waals surface area contributed by atoms with E-state index in [9.17, 15) is 9.59 Å². The highest BCUT2D eigenvalue weighted by Crippen LogP contribution is 2.50. The molecule has 404 valence electrons. The van der Waals surface area contributed by atoms with E-state index in [-0.39, 0.29) is 29.6 Å². The van der Waals surface area contributed by atoms with Crippen LogP contribution in [-0.2, 0) is 28.9 Å². The first kappa shape index (κ1) is 51.4. The molecule has 2 aliphatic heterocycles. The van der Waals surface area contributed by atoms with Crippen molar-refractivity contribution in [1.82, 2.24) is 29.7 Å². The van der Waals surface area contributed by atoms with Crippen LogP contribution in [0.15, 0.2) is 134 Å². The maximum absolute atomic E-state index is 13.8. The summed E-state index contributed by atoms with van der Waals surface area (Å²) in [5.41, 5.74) is 16.5. The van der Waals surface area contributed by atoms with Gasteiger partial charge >= 0.3 is 0 Å². The second-order valence-electron chi connectivity index (χ2n) is 23.7. The minimum atomic E-state index is 0.0930. The van der Waals surface area contributed by atoms with E-state index in [2.05, 4.69) is 147 Å². The first-order valence-electron chi connectivity index (χ1n) is 29.9. The van der Waals surface area contributed by atoms with Crippen molar-refractivity contribution in [2.24, 2.45) is 11.8 Å². The Labute approximate surface area is 466 Å². The number of Topliss-reactive ketones (excluding diaryl/α,β-unsaturated/α-hetero) is 1. The molecule has 6 aliphatic rings. The van der Waals surface area contributed by atoms with Crippen LogP contribution in [0.3, 0.4) is 0 Å². The number of amides is 1. The first-order valence-corrected chi connectivity index (χ1v) is 29.9. The molecule has 2 saturated heterocycles. The standard InChI is InChI=1S/C68H75N9O2/c78-63(37-45-21-23-46(24-22-45)59-39-52-42-71-67(69-30-11-34-76-32-8-9-33-76)74-64(52)57-19-6-4-17-55(57)59)62-41-61(62)50-16-10-15-49(38-50)51-29-36-77(44-51)35-12-31-70-68-72-43-53-40-60(56-18-5-7-20-58(56)65(53)75-68)47-25-27-54(28-26-47)73-66(79)48-13-2-1-3-14-48/h4-7,10,15-28,38,42-43,48,51,59-62H,1-3,8-9,11-14,29-37,39-41,44H2,(H,73,79)(H,69,71,74)(H,70,72,75). The third-order valence-corrected chi connectivity index (χ3v) is 18.4. The number of ketones is 1. The van der Waals surface area contributed by atoms with Crippen molar-refractivity contribution < 1.29 is 9.59 Å². The van der Waals surface area contributed by atoms with Crippen LogP contribution in [0.4, 0.5) is 17.6 Å². The fourth-order valence-electron chi connectivity index (χ4n) is 13.9. The number of hydrogen-bond acceptors (Lipinski definition) is 10. The third-order valence-electron chi connectivity index (χ3n) is 18.4. The zero-order valence-corrected chi connectivity index (χ0v) is 45.7. The predicted octanol–water partition coefficient (Wildman–Crippen LogP) is 12.6. The molecule has 11 nitrogen and oxygen atoms in total. The summed E-state index contributed by atoms with van der Waals surface area (Å²) in [6, 6.07) is 43.8. The topological polar surface area (TPSA) is 128 Å². The summed E-state index contributed by atoms with van der Waals surface area (Å²) in [4.78, 5) is 51.6. The fourth-order valence-corrected chi connectivity index (χ4v) is 13.9. The van der Waals surface area contributed by atoms with Gasteiger partial charge in [-0.2, -0.15) is 0 Å². The van der Waals surface area contributed by atoms with E-state index in [1.165, 1.54) is 76.9 Å². The van der Waals surface area contributed by atoms with Crippen molar-refractivity contribution in [3.63, 3.8) is 0 Å². The van der Waals surface area contributed by atoms with Gasteiger partial charge < -0.3 is 25.8 Å². The lowest BCUT2D eigenvalue weighted by molar-refractivity contribution is -0.121. The summed E-state index contributed by atoms with van der Waals surface area (Å²) in [6.07, 6.45) is 18.6. The normalized spacial score (nSPS) is 21.6. The summed E-state index contributed by atoms with van der Waals surface area (Å²) in [6.45, 7) is 8.45. The van der Waals surface area contributed by atoms with Crippen LogP contribution < -0.4 is 16.0 Å². The molecule has 5 unspecified atom stereocenters. The number of carbonyl (C=O) groups excluding carboxylic acids is 2. The minimum Gasteiger partial charge on any atom is -0.354 e. The molecule has 4 aliphatic carbocycles. The summed E-state index contributed by atoms with van der Waals surface area (Å²) < 4.78 is 0. The van der Waals surface area contributed by atoms with E-state index in [0.29, 0.717) is 35.9 Å². The van der Waals surface area contributed by atoms with Crippen molar-refractivity contribution in [2.45, 2.75) is 114 Å². The van der Waals surface area contributed by atoms with Crippen LogP contribution in [0.5, 0.6) is 0 Å². The molecular formula is C68H75N9O2. The van der Waals surface area contributed by atoms with Crippen molar-refractivity contribution in [3.05, 3.63) is 184 Å². The molecule has 2 aromatic heterocycles. The first-order chi connectivity index (χ1) is 38.9. The van der Waals surface area contributed by atoms with Crippen molar-refractivity contribution >= 4 is 29.3 Å². The van der Waals surface area contributed by atoms with Crippen molar-refractivity contribution in [2.75, 3.05) is 68.3 Å². The van der Waals surface area contributed by atoms with Crippen molar-refractivity contribution in [3.8, 4) is 22.5 Å². The average Bonchev–Trinajstić information content (AvgIpc) is 3.97.